The van der Waals surface area contributed by atoms with E-state index in [1.165, 1.54) is 5.56 Å². The summed E-state index contributed by atoms with van der Waals surface area (Å²) in [4.78, 5) is 0. The third kappa shape index (κ3) is 3.33. The summed E-state index contributed by atoms with van der Waals surface area (Å²) in [6.45, 7) is 7.18. The SMILES string of the molecule is COCC(N)c1ccc(C(C)(C)C)cc1. The second-order valence-corrected chi connectivity index (χ2v) is 4.93. The monoisotopic (exact) mass is 207 g/mol. The molecule has 1 aromatic rings. The summed E-state index contributed by atoms with van der Waals surface area (Å²) in [5.74, 6) is 0. The molecule has 2 heteroatoms. The van der Waals surface area contributed by atoms with Gasteiger partial charge in [0.2, 0.25) is 0 Å². The van der Waals surface area contributed by atoms with E-state index in [0.29, 0.717) is 6.61 Å². The lowest BCUT2D eigenvalue weighted by atomic mass is 9.86. The molecule has 0 aliphatic rings. The zero-order valence-electron chi connectivity index (χ0n) is 10.1. The first-order chi connectivity index (χ1) is 6.95. The van der Waals surface area contributed by atoms with Gasteiger partial charge in [-0.05, 0) is 16.5 Å². The summed E-state index contributed by atoms with van der Waals surface area (Å²) in [5, 5.41) is 0. The molecule has 1 aromatic carbocycles. The molecule has 0 fully saturated rings. The standard InChI is InChI=1S/C13H21NO/c1-13(2,3)11-7-5-10(6-8-11)12(14)9-15-4/h5-8,12H,9,14H2,1-4H3. The van der Waals surface area contributed by atoms with Crippen LogP contribution in [0, 0.1) is 0 Å². The fourth-order valence-electron chi connectivity index (χ4n) is 1.51. The van der Waals surface area contributed by atoms with E-state index in [0.717, 1.165) is 5.56 Å². The van der Waals surface area contributed by atoms with Crippen molar-refractivity contribution in [3.63, 3.8) is 0 Å². The Morgan fingerprint density at radius 2 is 1.73 bits per heavy atom. The number of ether oxygens (including phenoxy) is 1. The van der Waals surface area contributed by atoms with Crippen LogP contribution < -0.4 is 5.73 Å². The van der Waals surface area contributed by atoms with Gasteiger partial charge in [0.25, 0.3) is 0 Å². The lowest BCUT2D eigenvalue weighted by Crippen LogP contribution is -2.17. The van der Waals surface area contributed by atoms with Crippen molar-refractivity contribution in [3.8, 4) is 0 Å². The van der Waals surface area contributed by atoms with Crippen molar-refractivity contribution in [1.82, 2.24) is 0 Å². The van der Waals surface area contributed by atoms with Crippen LogP contribution in [0.15, 0.2) is 24.3 Å². The van der Waals surface area contributed by atoms with Gasteiger partial charge in [-0.2, -0.15) is 0 Å². The Bertz CT molecular complexity index is 297. The number of methoxy groups -OCH3 is 1. The number of nitrogens with two attached hydrogens (primary N) is 1. The van der Waals surface area contributed by atoms with Crippen molar-refractivity contribution in [2.45, 2.75) is 32.2 Å². The summed E-state index contributed by atoms with van der Waals surface area (Å²) in [5.41, 5.74) is 8.60. The van der Waals surface area contributed by atoms with Crippen molar-refractivity contribution in [2.75, 3.05) is 13.7 Å². The molecule has 2 nitrogen and oxygen atoms in total. The summed E-state index contributed by atoms with van der Waals surface area (Å²) < 4.78 is 5.03. The van der Waals surface area contributed by atoms with Gasteiger partial charge < -0.3 is 10.5 Å². The number of hydrogen-bond donors (Lipinski definition) is 1. The topological polar surface area (TPSA) is 35.2 Å². The maximum absolute atomic E-state index is 5.94. The molecule has 0 saturated heterocycles. The lowest BCUT2D eigenvalue weighted by molar-refractivity contribution is 0.181. The molecule has 0 radical (unpaired) electrons. The zero-order valence-corrected chi connectivity index (χ0v) is 10.1. The third-order valence-electron chi connectivity index (χ3n) is 2.55. The highest BCUT2D eigenvalue weighted by Crippen LogP contribution is 2.23. The molecule has 0 saturated carbocycles. The van der Waals surface area contributed by atoms with Gasteiger partial charge in [0.05, 0.1) is 12.6 Å². The first kappa shape index (κ1) is 12.2. The Hall–Kier alpha value is -0.860. The molecule has 2 N–H and O–H groups in total. The van der Waals surface area contributed by atoms with Crippen molar-refractivity contribution >= 4 is 0 Å². The molecule has 0 amide bonds. The van der Waals surface area contributed by atoms with E-state index < -0.39 is 0 Å². The zero-order chi connectivity index (χ0) is 11.5. The van der Waals surface area contributed by atoms with E-state index in [1.54, 1.807) is 7.11 Å². The smallest absolute Gasteiger partial charge is 0.0655 e. The maximum atomic E-state index is 5.94. The van der Waals surface area contributed by atoms with Crippen LogP contribution in [-0.2, 0) is 10.2 Å². The molecule has 15 heavy (non-hydrogen) atoms. The van der Waals surface area contributed by atoms with E-state index in [2.05, 4.69) is 45.0 Å². The minimum atomic E-state index is -0.0241. The van der Waals surface area contributed by atoms with Crippen LogP contribution >= 0.6 is 0 Å². The van der Waals surface area contributed by atoms with Gasteiger partial charge in [0, 0.05) is 7.11 Å². The second-order valence-electron chi connectivity index (χ2n) is 4.93. The molecule has 0 aliphatic heterocycles. The molecular weight excluding hydrogens is 186 g/mol. The van der Waals surface area contributed by atoms with E-state index in [4.69, 9.17) is 10.5 Å². The molecule has 0 spiro atoms. The van der Waals surface area contributed by atoms with Gasteiger partial charge in [0.15, 0.2) is 0 Å². The van der Waals surface area contributed by atoms with Crippen molar-refractivity contribution in [3.05, 3.63) is 35.4 Å². The van der Waals surface area contributed by atoms with Crippen LogP contribution in [0.3, 0.4) is 0 Å². The van der Waals surface area contributed by atoms with E-state index in [1.807, 2.05) is 0 Å². The lowest BCUT2D eigenvalue weighted by Gasteiger charge is -2.20. The normalized spacial score (nSPS) is 13.9. The van der Waals surface area contributed by atoms with Crippen LogP contribution in [0.4, 0.5) is 0 Å². The molecule has 1 unspecified atom stereocenters. The predicted octanol–water partition coefficient (Wildman–Crippen LogP) is 2.63. The number of hydrogen-bond acceptors (Lipinski definition) is 2. The minimum Gasteiger partial charge on any atom is -0.383 e. The highest BCUT2D eigenvalue weighted by Gasteiger charge is 2.13. The highest BCUT2D eigenvalue weighted by molar-refractivity contribution is 5.29. The molecule has 0 aliphatic carbocycles. The van der Waals surface area contributed by atoms with Gasteiger partial charge in [-0.15, -0.1) is 0 Å². The Morgan fingerprint density at radius 1 is 1.20 bits per heavy atom. The maximum Gasteiger partial charge on any atom is 0.0655 e. The van der Waals surface area contributed by atoms with Crippen molar-refractivity contribution in [2.24, 2.45) is 5.73 Å². The summed E-state index contributed by atoms with van der Waals surface area (Å²) >= 11 is 0. The molecule has 0 heterocycles. The van der Waals surface area contributed by atoms with Gasteiger partial charge in [-0.3, -0.25) is 0 Å². The Labute approximate surface area is 92.4 Å². The highest BCUT2D eigenvalue weighted by atomic mass is 16.5. The summed E-state index contributed by atoms with van der Waals surface area (Å²) in [6, 6.07) is 8.44. The van der Waals surface area contributed by atoms with Crippen LogP contribution in [0.25, 0.3) is 0 Å². The molecule has 0 aromatic heterocycles. The summed E-state index contributed by atoms with van der Waals surface area (Å²) in [7, 11) is 1.67. The fraction of sp³-hybridized carbons (Fsp3) is 0.538. The largest absolute Gasteiger partial charge is 0.383 e. The first-order valence-electron chi connectivity index (χ1n) is 5.30. The molecule has 84 valence electrons. The average Bonchev–Trinajstić information content (AvgIpc) is 2.17. The van der Waals surface area contributed by atoms with Crippen LogP contribution in [-0.4, -0.2) is 13.7 Å². The Morgan fingerprint density at radius 3 is 2.13 bits per heavy atom. The molecular formula is C13H21NO. The van der Waals surface area contributed by atoms with Gasteiger partial charge >= 0.3 is 0 Å². The van der Waals surface area contributed by atoms with Gasteiger partial charge in [-0.25, -0.2) is 0 Å². The molecule has 1 atom stereocenters. The molecule has 0 bridgehead atoms. The minimum absolute atomic E-state index is 0.0241. The van der Waals surface area contributed by atoms with E-state index >= 15 is 0 Å². The Balaban J connectivity index is 2.81. The van der Waals surface area contributed by atoms with Crippen molar-refractivity contribution in [1.29, 1.82) is 0 Å². The predicted molar refractivity (Wildman–Crippen MR) is 63.9 cm³/mol. The fourth-order valence-corrected chi connectivity index (χ4v) is 1.51. The third-order valence-corrected chi connectivity index (χ3v) is 2.55. The summed E-state index contributed by atoms with van der Waals surface area (Å²) in [6.07, 6.45) is 0. The van der Waals surface area contributed by atoms with E-state index in [9.17, 15) is 0 Å². The Kier molecular flexibility index (Phi) is 3.89. The molecule has 1 rings (SSSR count). The van der Waals surface area contributed by atoms with Crippen LogP contribution in [0.2, 0.25) is 0 Å². The number of rotatable bonds is 3. The van der Waals surface area contributed by atoms with Gasteiger partial charge in [0.1, 0.15) is 0 Å². The van der Waals surface area contributed by atoms with Crippen LogP contribution in [0.5, 0.6) is 0 Å². The quantitative estimate of drug-likeness (QED) is 0.827. The average molecular weight is 207 g/mol. The van der Waals surface area contributed by atoms with Crippen LogP contribution in [0.1, 0.15) is 37.9 Å². The van der Waals surface area contributed by atoms with Gasteiger partial charge in [-0.1, -0.05) is 45.0 Å². The van der Waals surface area contributed by atoms with Crippen molar-refractivity contribution < 1.29 is 4.74 Å². The number of benzene rings is 1. The van der Waals surface area contributed by atoms with E-state index in [-0.39, 0.29) is 11.5 Å². The first-order valence-corrected chi connectivity index (χ1v) is 5.30. The second kappa shape index (κ2) is 4.77.